The Hall–Kier alpha value is -2.97. The second-order valence-corrected chi connectivity index (χ2v) is 11.6. The third-order valence-corrected chi connectivity index (χ3v) is 9.87. The molecule has 0 radical (unpaired) electrons. The van der Waals surface area contributed by atoms with Crippen molar-refractivity contribution in [2.24, 2.45) is 28.6 Å². The number of fused-ring (bicyclic) bond motifs is 2. The molecule has 0 aromatic heterocycles. The second kappa shape index (κ2) is 8.76. The average molecular weight is 575 g/mol. The second-order valence-electron chi connectivity index (χ2n) is 11.6. The molecule has 14 heteroatoms. The largest absolute Gasteiger partial charge is 0.504 e. The number of aliphatic hydroxyl groups is 3. The standard InChI is InChI=1S/C26H29F3O11/c1-9(26(27,28)29)5-14(31)40-17-19-24-8-38-25(19,22(36)37-4)20(34)16(33)18(24)23(3)7-12(30)15(32)10(2)11(23)6-13(24)39-21(17)35/h5,11,13,16-20,32-34H,6-8H2,1-4H3/b9-5-/t11-,13+,16+,17+,18+,19+,20-,23-,24+,25+/m0/s1. The van der Waals surface area contributed by atoms with Gasteiger partial charge in [-0.2, -0.15) is 13.2 Å². The van der Waals surface area contributed by atoms with Gasteiger partial charge in [0.2, 0.25) is 11.7 Å². The smallest absolute Gasteiger partial charge is 0.412 e. The van der Waals surface area contributed by atoms with Gasteiger partial charge in [0, 0.05) is 29.4 Å². The summed E-state index contributed by atoms with van der Waals surface area (Å²) in [5, 5.41) is 33.5. The molecule has 220 valence electrons. The fourth-order valence-corrected chi connectivity index (χ4v) is 8.27. The zero-order valence-electron chi connectivity index (χ0n) is 22.0. The predicted molar refractivity (Wildman–Crippen MR) is 123 cm³/mol. The summed E-state index contributed by atoms with van der Waals surface area (Å²) in [6.45, 7) is 3.43. The van der Waals surface area contributed by atoms with Gasteiger partial charge in [0.25, 0.3) is 0 Å². The van der Waals surface area contributed by atoms with Gasteiger partial charge in [-0.05, 0) is 37.2 Å². The summed E-state index contributed by atoms with van der Waals surface area (Å²) in [7, 11) is 0.973. The van der Waals surface area contributed by atoms with E-state index in [4.69, 9.17) is 18.9 Å². The van der Waals surface area contributed by atoms with E-state index >= 15 is 0 Å². The number of halogens is 3. The van der Waals surface area contributed by atoms with Gasteiger partial charge < -0.3 is 34.3 Å². The van der Waals surface area contributed by atoms with E-state index in [0.717, 1.165) is 7.11 Å². The van der Waals surface area contributed by atoms with Crippen LogP contribution in [0.4, 0.5) is 13.2 Å². The van der Waals surface area contributed by atoms with Gasteiger partial charge in [0.15, 0.2) is 11.5 Å². The van der Waals surface area contributed by atoms with Gasteiger partial charge in [-0.1, -0.05) is 6.92 Å². The van der Waals surface area contributed by atoms with Gasteiger partial charge in [-0.15, -0.1) is 0 Å². The first-order chi connectivity index (χ1) is 18.5. The topological polar surface area (TPSA) is 166 Å². The van der Waals surface area contributed by atoms with Crippen molar-refractivity contribution in [3.63, 3.8) is 0 Å². The lowest BCUT2D eigenvalue weighted by molar-refractivity contribution is -0.290. The van der Waals surface area contributed by atoms with Crippen LogP contribution >= 0.6 is 0 Å². The van der Waals surface area contributed by atoms with Crippen molar-refractivity contribution in [1.29, 1.82) is 0 Å². The van der Waals surface area contributed by atoms with E-state index in [2.05, 4.69) is 0 Å². The lowest BCUT2D eigenvalue weighted by Gasteiger charge is -2.67. The molecule has 3 aliphatic carbocycles. The molecule has 3 N–H and O–H groups in total. The molecule has 40 heavy (non-hydrogen) atoms. The lowest BCUT2D eigenvalue weighted by atomic mass is 9.38. The van der Waals surface area contributed by atoms with Crippen molar-refractivity contribution < 1.29 is 66.6 Å². The van der Waals surface area contributed by atoms with Crippen LogP contribution in [0, 0.1) is 28.6 Å². The Labute approximate surface area is 225 Å². The molecule has 2 heterocycles. The van der Waals surface area contributed by atoms with E-state index < -0.39 is 106 Å². The van der Waals surface area contributed by atoms with E-state index in [1.54, 1.807) is 6.92 Å². The molecule has 5 rings (SSSR count). The highest BCUT2D eigenvalue weighted by atomic mass is 19.4. The summed E-state index contributed by atoms with van der Waals surface area (Å²) in [6, 6.07) is 0. The fraction of sp³-hybridized carbons (Fsp3) is 0.692. The van der Waals surface area contributed by atoms with Crippen molar-refractivity contribution in [2.75, 3.05) is 13.7 Å². The van der Waals surface area contributed by atoms with Crippen LogP contribution < -0.4 is 0 Å². The van der Waals surface area contributed by atoms with Crippen LogP contribution in [0.15, 0.2) is 23.0 Å². The monoisotopic (exact) mass is 574 g/mol. The molecule has 2 bridgehead atoms. The third-order valence-electron chi connectivity index (χ3n) is 9.87. The summed E-state index contributed by atoms with van der Waals surface area (Å²) in [4.78, 5) is 52.1. The summed E-state index contributed by atoms with van der Waals surface area (Å²) in [5.41, 5.74) is -6.16. The van der Waals surface area contributed by atoms with Gasteiger partial charge in [-0.25, -0.2) is 14.4 Å². The Kier molecular flexibility index (Phi) is 6.26. The summed E-state index contributed by atoms with van der Waals surface area (Å²) < 4.78 is 60.9. The molecule has 0 aromatic carbocycles. The average Bonchev–Trinajstić information content (AvgIpc) is 3.17. The van der Waals surface area contributed by atoms with Crippen molar-refractivity contribution in [2.45, 2.75) is 69.8 Å². The Morgan fingerprint density at radius 2 is 1.82 bits per heavy atom. The quantitative estimate of drug-likeness (QED) is 0.251. The molecular weight excluding hydrogens is 545 g/mol. The number of hydrogen-bond acceptors (Lipinski definition) is 11. The number of hydrogen-bond donors (Lipinski definition) is 3. The predicted octanol–water partition coefficient (Wildman–Crippen LogP) is 1.06. The normalized spacial score (nSPS) is 44.4. The van der Waals surface area contributed by atoms with Gasteiger partial charge in [-0.3, -0.25) is 4.79 Å². The molecule has 0 aromatic rings. The van der Waals surface area contributed by atoms with Gasteiger partial charge >= 0.3 is 24.1 Å². The molecular formula is C26H29F3O11. The molecule has 11 nitrogen and oxygen atoms in total. The van der Waals surface area contributed by atoms with Crippen molar-refractivity contribution in [1.82, 2.24) is 0 Å². The number of carbonyl (C=O) groups is 4. The highest BCUT2D eigenvalue weighted by Gasteiger charge is 2.85. The van der Waals surface area contributed by atoms with Crippen LogP contribution in [0.3, 0.4) is 0 Å². The van der Waals surface area contributed by atoms with Crippen molar-refractivity contribution in [3.8, 4) is 0 Å². The number of alkyl halides is 3. The maximum atomic E-state index is 13.4. The number of carbonyl (C=O) groups excluding carboxylic acids is 4. The summed E-state index contributed by atoms with van der Waals surface area (Å²) >= 11 is 0. The van der Waals surface area contributed by atoms with Crippen LogP contribution in [0.5, 0.6) is 0 Å². The van der Waals surface area contributed by atoms with E-state index in [1.165, 1.54) is 6.92 Å². The number of rotatable bonds is 3. The lowest BCUT2D eigenvalue weighted by Crippen LogP contribution is -2.79. The summed E-state index contributed by atoms with van der Waals surface area (Å²) in [6.07, 6.45) is -11.9. The Morgan fingerprint density at radius 3 is 2.42 bits per heavy atom. The fourth-order valence-electron chi connectivity index (χ4n) is 8.27. The first-order valence-electron chi connectivity index (χ1n) is 12.7. The number of aliphatic hydroxyl groups excluding tert-OH is 3. The molecule has 5 aliphatic rings. The zero-order valence-corrected chi connectivity index (χ0v) is 22.0. The molecule has 1 spiro atoms. The van der Waals surface area contributed by atoms with Crippen LogP contribution in [-0.4, -0.2) is 88.9 Å². The maximum Gasteiger partial charge on any atom is 0.412 e. The first-order valence-corrected chi connectivity index (χ1v) is 12.7. The minimum absolute atomic E-state index is 0.0234. The molecule has 10 atom stereocenters. The van der Waals surface area contributed by atoms with E-state index in [1.807, 2.05) is 0 Å². The third kappa shape index (κ3) is 3.41. The number of methoxy groups -OCH3 is 1. The minimum Gasteiger partial charge on any atom is -0.504 e. The Morgan fingerprint density at radius 1 is 1.18 bits per heavy atom. The molecule has 4 fully saturated rings. The van der Waals surface area contributed by atoms with E-state index in [9.17, 15) is 47.7 Å². The van der Waals surface area contributed by atoms with Crippen LogP contribution in [0.1, 0.15) is 33.6 Å². The SMILES string of the molecule is COC(=O)[C@]12OC[C@]34[C@H]([C@@H](O)[C@@H]1O)[C@@]1(C)CC(=O)C(O)=C(C)[C@@H]1C[C@H]3OC(=O)[C@H](OC(=O)/C=C(/C)C(F)(F)F)[C@@H]24. The molecule has 0 amide bonds. The Bertz CT molecular complexity index is 1260. The molecule has 2 saturated heterocycles. The van der Waals surface area contributed by atoms with Crippen LogP contribution in [0.25, 0.3) is 0 Å². The number of ether oxygens (including phenoxy) is 4. The highest BCUT2D eigenvalue weighted by molar-refractivity contribution is 5.95. The zero-order chi connectivity index (χ0) is 29.7. The van der Waals surface area contributed by atoms with Gasteiger partial charge in [0.1, 0.15) is 12.2 Å². The first kappa shape index (κ1) is 28.6. The number of esters is 3. The van der Waals surface area contributed by atoms with Crippen LogP contribution in [-0.2, 0) is 38.1 Å². The number of allylic oxidation sites excluding steroid dienone is 3. The maximum absolute atomic E-state index is 13.4. The summed E-state index contributed by atoms with van der Waals surface area (Å²) in [5.74, 6) is -8.29. The molecule has 2 saturated carbocycles. The number of Topliss-reactive ketones (excluding diaryl/α,β-unsaturated/α-hetero) is 1. The highest BCUT2D eigenvalue weighted by Crippen LogP contribution is 2.72. The molecule has 2 aliphatic heterocycles. The van der Waals surface area contributed by atoms with Crippen LogP contribution in [0.2, 0.25) is 0 Å². The van der Waals surface area contributed by atoms with E-state index in [0.29, 0.717) is 12.5 Å². The molecule has 0 unspecified atom stereocenters. The van der Waals surface area contributed by atoms with Gasteiger partial charge in [0.05, 0.1) is 25.7 Å². The minimum atomic E-state index is -4.86. The number of ketones is 1. The van der Waals surface area contributed by atoms with Crippen molar-refractivity contribution >= 4 is 23.7 Å². The Balaban J connectivity index is 1.70. The van der Waals surface area contributed by atoms with E-state index in [-0.39, 0.29) is 18.9 Å². The van der Waals surface area contributed by atoms with Crippen molar-refractivity contribution in [3.05, 3.63) is 23.0 Å².